The Kier molecular flexibility index (Phi) is 3.77. The van der Waals surface area contributed by atoms with Crippen molar-refractivity contribution in [2.75, 3.05) is 11.1 Å². The highest BCUT2D eigenvalue weighted by Crippen LogP contribution is 2.28. The summed E-state index contributed by atoms with van der Waals surface area (Å²) < 4.78 is 5.37. The Morgan fingerprint density at radius 1 is 1.24 bits per heavy atom. The molecule has 108 valence electrons. The predicted octanol–water partition coefficient (Wildman–Crippen LogP) is 3.84. The summed E-state index contributed by atoms with van der Waals surface area (Å²) in [5, 5.41) is 5.63. The number of pyridine rings is 1. The minimum Gasteiger partial charge on any atom is -0.469 e. The van der Waals surface area contributed by atoms with Crippen molar-refractivity contribution in [1.29, 1.82) is 0 Å². The average molecular weight is 281 g/mol. The molecule has 4 nitrogen and oxygen atoms in total. The fourth-order valence-corrected chi connectivity index (χ4v) is 2.49. The summed E-state index contributed by atoms with van der Waals surface area (Å²) in [6.07, 6.45) is 7.26. The number of furan rings is 1. The molecule has 3 aromatic rings. The molecule has 3 N–H and O–H groups in total. The fraction of sp³-hybridized carbons (Fsp3) is 0.235. The maximum absolute atomic E-state index is 6.01. The van der Waals surface area contributed by atoms with Gasteiger partial charge in [-0.05, 0) is 43.7 Å². The first-order valence-electron chi connectivity index (χ1n) is 7.15. The van der Waals surface area contributed by atoms with E-state index < -0.39 is 0 Å². The molecule has 0 saturated carbocycles. The number of aryl methyl sites for hydroxylation is 1. The van der Waals surface area contributed by atoms with Crippen LogP contribution >= 0.6 is 0 Å². The van der Waals surface area contributed by atoms with Gasteiger partial charge in [-0.1, -0.05) is 0 Å². The van der Waals surface area contributed by atoms with Crippen molar-refractivity contribution in [1.82, 2.24) is 4.98 Å². The maximum Gasteiger partial charge on any atom is 0.103 e. The molecule has 0 aliphatic heterocycles. The lowest BCUT2D eigenvalue weighted by atomic mass is 10.1. The van der Waals surface area contributed by atoms with Crippen LogP contribution in [0.3, 0.4) is 0 Å². The third kappa shape index (κ3) is 2.99. The van der Waals surface area contributed by atoms with Crippen LogP contribution in [0.2, 0.25) is 0 Å². The Morgan fingerprint density at radius 3 is 2.95 bits per heavy atom. The zero-order valence-corrected chi connectivity index (χ0v) is 12.0. The third-order valence-electron chi connectivity index (χ3n) is 3.66. The Labute approximate surface area is 124 Å². The molecule has 21 heavy (non-hydrogen) atoms. The molecule has 1 unspecified atom stereocenters. The van der Waals surface area contributed by atoms with Gasteiger partial charge in [-0.3, -0.25) is 4.98 Å². The van der Waals surface area contributed by atoms with Crippen LogP contribution in [0, 0.1) is 0 Å². The molecule has 0 aliphatic rings. The second-order valence-corrected chi connectivity index (χ2v) is 5.29. The molecule has 0 bridgehead atoms. The zero-order valence-electron chi connectivity index (χ0n) is 12.0. The summed E-state index contributed by atoms with van der Waals surface area (Å²) in [6, 6.07) is 10.2. The van der Waals surface area contributed by atoms with Gasteiger partial charge in [0.15, 0.2) is 0 Å². The van der Waals surface area contributed by atoms with Crippen molar-refractivity contribution in [3.8, 4) is 0 Å². The number of nitrogens with two attached hydrogens (primary N) is 1. The number of fused-ring (bicyclic) bond motifs is 1. The van der Waals surface area contributed by atoms with Crippen molar-refractivity contribution in [3.05, 3.63) is 54.7 Å². The number of anilines is 2. The molecule has 4 heteroatoms. The number of nitrogens with one attached hydrogen (secondary N) is 1. The smallest absolute Gasteiger partial charge is 0.103 e. The molecule has 0 fully saturated rings. The van der Waals surface area contributed by atoms with Crippen molar-refractivity contribution >= 4 is 22.1 Å². The first-order valence-corrected chi connectivity index (χ1v) is 7.15. The second kappa shape index (κ2) is 5.87. The van der Waals surface area contributed by atoms with Gasteiger partial charge < -0.3 is 15.5 Å². The van der Waals surface area contributed by atoms with Gasteiger partial charge in [-0.25, -0.2) is 0 Å². The van der Waals surface area contributed by atoms with E-state index in [1.54, 1.807) is 12.5 Å². The van der Waals surface area contributed by atoms with Gasteiger partial charge in [0, 0.05) is 47.0 Å². The van der Waals surface area contributed by atoms with Crippen LogP contribution in [0.4, 0.5) is 11.4 Å². The molecule has 3 rings (SSSR count). The van der Waals surface area contributed by atoms with Crippen LogP contribution in [-0.4, -0.2) is 11.0 Å². The molecule has 0 spiro atoms. The highest BCUT2D eigenvalue weighted by atomic mass is 16.3. The first kappa shape index (κ1) is 13.5. The molecule has 0 aliphatic carbocycles. The van der Waals surface area contributed by atoms with E-state index in [0.29, 0.717) is 6.04 Å². The van der Waals surface area contributed by atoms with E-state index in [9.17, 15) is 0 Å². The van der Waals surface area contributed by atoms with Gasteiger partial charge in [0.25, 0.3) is 0 Å². The highest BCUT2D eigenvalue weighted by molar-refractivity contribution is 6.00. The van der Waals surface area contributed by atoms with Crippen LogP contribution < -0.4 is 11.1 Å². The number of nitrogens with zero attached hydrogens (tertiary/aromatic N) is 1. The summed E-state index contributed by atoms with van der Waals surface area (Å²) in [5.41, 5.74) is 7.86. The molecule has 0 saturated heterocycles. The third-order valence-corrected chi connectivity index (χ3v) is 3.66. The molecular formula is C17H19N3O. The molecule has 0 amide bonds. The summed E-state index contributed by atoms with van der Waals surface area (Å²) in [7, 11) is 0. The molecule has 2 heterocycles. The number of nitrogen functional groups attached to an aromatic ring is 1. The van der Waals surface area contributed by atoms with E-state index in [-0.39, 0.29) is 0 Å². The summed E-state index contributed by atoms with van der Waals surface area (Å²) in [6.45, 7) is 2.17. The van der Waals surface area contributed by atoms with E-state index >= 15 is 0 Å². The van der Waals surface area contributed by atoms with E-state index in [4.69, 9.17) is 10.2 Å². The monoisotopic (exact) mass is 281 g/mol. The zero-order chi connectivity index (χ0) is 14.7. The molecule has 2 aromatic heterocycles. The van der Waals surface area contributed by atoms with Gasteiger partial charge in [0.1, 0.15) is 5.76 Å². The maximum atomic E-state index is 6.01. The van der Waals surface area contributed by atoms with Crippen molar-refractivity contribution in [2.45, 2.75) is 25.8 Å². The predicted molar refractivity (Wildman–Crippen MR) is 86.3 cm³/mol. The molecule has 0 radical (unpaired) electrons. The number of benzene rings is 1. The minimum absolute atomic E-state index is 0.335. The normalized spacial score (nSPS) is 12.4. The fourth-order valence-electron chi connectivity index (χ4n) is 2.49. The van der Waals surface area contributed by atoms with Crippen LogP contribution in [-0.2, 0) is 6.42 Å². The van der Waals surface area contributed by atoms with E-state index in [2.05, 4.69) is 17.2 Å². The van der Waals surface area contributed by atoms with Crippen molar-refractivity contribution in [3.63, 3.8) is 0 Å². The van der Waals surface area contributed by atoms with Crippen LogP contribution in [0.5, 0.6) is 0 Å². The van der Waals surface area contributed by atoms with Crippen LogP contribution in [0.15, 0.2) is 53.4 Å². The Morgan fingerprint density at radius 2 is 2.14 bits per heavy atom. The lowest BCUT2D eigenvalue weighted by Gasteiger charge is -2.17. The lowest BCUT2D eigenvalue weighted by Crippen LogP contribution is -2.16. The van der Waals surface area contributed by atoms with Gasteiger partial charge >= 0.3 is 0 Å². The summed E-state index contributed by atoms with van der Waals surface area (Å²) in [4.78, 5) is 4.20. The minimum atomic E-state index is 0.335. The Bertz CT molecular complexity index is 722. The Hall–Kier alpha value is -2.49. The number of aromatic nitrogens is 1. The molecule has 1 aromatic carbocycles. The van der Waals surface area contributed by atoms with E-state index in [1.165, 1.54) is 0 Å². The highest BCUT2D eigenvalue weighted by Gasteiger charge is 2.08. The van der Waals surface area contributed by atoms with Crippen molar-refractivity contribution < 1.29 is 4.42 Å². The number of hydrogen-bond acceptors (Lipinski definition) is 4. The van der Waals surface area contributed by atoms with Crippen LogP contribution in [0.1, 0.15) is 19.1 Å². The Balaban J connectivity index is 1.74. The van der Waals surface area contributed by atoms with E-state index in [0.717, 1.165) is 40.7 Å². The summed E-state index contributed by atoms with van der Waals surface area (Å²) in [5.74, 6) is 1.02. The standard InChI is InChI=1S/C17H19N3O/c1-12(4-5-13-3-2-10-21-13)20-17-7-6-16(18)14-8-9-19-11-15(14)17/h2-3,6-12,20H,4-5,18H2,1H3. The van der Waals surface area contributed by atoms with Gasteiger partial charge in [-0.2, -0.15) is 0 Å². The van der Waals surface area contributed by atoms with E-state index in [1.807, 2.05) is 36.5 Å². The molecule has 1 atom stereocenters. The summed E-state index contributed by atoms with van der Waals surface area (Å²) >= 11 is 0. The van der Waals surface area contributed by atoms with Gasteiger partial charge in [-0.15, -0.1) is 0 Å². The average Bonchev–Trinajstić information content (AvgIpc) is 3.02. The molecular weight excluding hydrogens is 262 g/mol. The first-order chi connectivity index (χ1) is 10.2. The number of hydrogen-bond donors (Lipinski definition) is 2. The van der Waals surface area contributed by atoms with Crippen LogP contribution in [0.25, 0.3) is 10.8 Å². The van der Waals surface area contributed by atoms with Gasteiger partial charge in [0.05, 0.1) is 6.26 Å². The number of rotatable bonds is 5. The topological polar surface area (TPSA) is 64.1 Å². The second-order valence-electron chi connectivity index (χ2n) is 5.29. The van der Waals surface area contributed by atoms with Gasteiger partial charge in [0.2, 0.25) is 0 Å². The SMILES string of the molecule is CC(CCc1ccco1)Nc1ccc(N)c2ccncc12. The van der Waals surface area contributed by atoms with Crippen molar-refractivity contribution in [2.24, 2.45) is 0 Å². The lowest BCUT2D eigenvalue weighted by molar-refractivity contribution is 0.495. The largest absolute Gasteiger partial charge is 0.469 e. The quantitative estimate of drug-likeness (QED) is 0.697.